The number of carbonyl (C=O) groups is 2. The predicted octanol–water partition coefficient (Wildman–Crippen LogP) is 3.94. The largest absolute Gasteiger partial charge is 0.481 e. The lowest BCUT2D eigenvalue weighted by molar-refractivity contribution is -0.152. The number of hydrogen-bond donors (Lipinski definition) is 3. The topological polar surface area (TPSA) is 94.8 Å². The van der Waals surface area contributed by atoms with Crippen molar-refractivity contribution in [3.8, 4) is 0 Å². The zero-order chi connectivity index (χ0) is 17.6. The van der Waals surface area contributed by atoms with Crippen molar-refractivity contribution in [2.24, 2.45) is 11.3 Å². The highest BCUT2D eigenvalue weighted by Crippen LogP contribution is 2.28. The summed E-state index contributed by atoms with van der Waals surface area (Å²) < 4.78 is 0. The van der Waals surface area contributed by atoms with Gasteiger partial charge in [-0.05, 0) is 25.7 Å². The molecule has 0 spiro atoms. The molecule has 0 saturated carbocycles. The van der Waals surface area contributed by atoms with Gasteiger partial charge in [0.2, 0.25) is 0 Å². The first-order valence-electron chi connectivity index (χ1n) is 8.42. The third-order valence-corrected chi connectivity index (χ3v) is 4.19. The lowest BCUT2D eigenvalue weighted by Gasteiger charge is -2.25. The van der Waals surface area contributed by atoms with E-state index in [1.807, 2.05) is 13.8 Å². The van der Waals surface area contributed by atoms with E-state index in [0.29, 0.717) is 12.8 Å². The second kappa shape index (κ2) is 13.6. The highest BCUT2D eigenvalue weighted by Gasteiger charge is 2.35. The molecule has 22 heavy (non-hydrogen) atoms. The number of hydrogen-bond acceptors (Lipinski definition) is 3. The van der Waals surface area contributed by atoms with E-state index >= 15 is 0 Å². The van der Waals surface area contributed by atoms with Gasteiger partial charge in [-0.1, -0.05) is 53.4 Å². The fourth-order valence-electron chi connectivity index (χ4n) is 2.16. The van der Waals surface area contributed by atoms with Gasteiger partial charge in [0, 0.05) is 0 Å². The molecule has 2 unspecified atom stereocenters. The van der Waals surface area contributed by atoms with Crippen LogP contribution >= 0.6 is 0 Å². The zero-order valence-corrected chi connectivity index (χ0v) is 14.6. The second-order valence-corrected chi connectivity index (χ2v) is 5.79. The van der Waals surface area contributed by atoms with Crippen molar-refractivity contribution < 1.29 is 24.9 Å². The molecule has 0 heterocycles. The Balaban J connectivity index is 0. The Hall–Kier alpha value is -1.10. The molecule has 0 aliphatic carbocycles. The molecule has 0 aromatic carbocycles. The summed E-state index contributed by atoms with van der Waals surface area (Å²) in [5.41, 5.74) is -0.893. The molecule has 0 bridgehead atoms. The minimum Gasteiger partial charge on any atom is -0.481 e. The van der Waals surface area contributed by atoms with E-state index in [2.05, 4.69) is 6.92 Å². The summed E-state index contributed by atoms with van der Waals surface area (Å²) in [7, 11) is 0. The van der Waals surface area contributed by atoms with Crippen LogP contribution in [0.25, 0.3) is 0 Å². The Bertz CT molecular complexity index is 297. The van der Waals surface area contributed by atoms with Gasteiger partial charge in [0.15, 0.2) is 0 Å². The first-order chi connectivity index (χ1) is 10.3. The standard InChI is InChI=1S/C9H18O3.C8H16O2/c1-3-5-6-9(4-2,7-10)8(11)12;1-3-5-6-7(4-2)8(9)10/h10H,3-7H2,1-2H3,(H,11,12);7H,3-6H2,1-2H3,(H,9,10). The van der Waals surface area contributed by atoms with E-state index < -0.39 is 17.4 Å². The van der Waals surface area contributed by atoms with Crippen LogP contribution in [-0.4, -0.2) is 33.9 Å². The first kappa shape index (κ1) is 23.2. The summed E-state index contributed by atoms with van der Waals surface area (Å²) in [6.45, 7) is 7.57. The van der Waals surface area contributed by atoms with Crippen molar-refractivity contribution in [1.82, 2.24) is 0 Å². The molecule has 0 saturated heterocycles. The SMILES string of the molecule is CCCCC(CC)(CO)C(=O)O.CCCCC(CC)C(=O)O. The average Bonchev–Trinajstić information content (AvgIpc) is 2.49. The van der Waals surface area contributed by atoms with E-state index in [4.69, 9.17) is 15.3 Å². The summed E-state index contributed by atoms with van der Waals surface area (Å²) in [4.78, 5) is 21.3. The van der Waals surface area contributed by atoms with Gasteiger partial charge >= 0.3 is 11.9 Å². The lowest BCUT2D eigenvalue weighted by atomic mass is 9.81. The molecular formula is C17H34O5. The van der Waals surface area contributed by atoms with E-state index in [9.17, 15) is 9.59 Å². The van der Waals surface area contributed by atoms with Gasteiger partial charge in [-0.25, -0.2) is 0 Å². The number of carboxylic acid groups (broad SMARTS) is 2. The summed E-state index contributed by atoms with van der Waals surface area (Å²) in [6.07, 6.45) is 6.62. The molecule has 5 heteroatoms. The smallest absolute Gasteiger partial charge is 0.311 e. The number of rotatable bonds is 11. The molecular weight excluding hydrogens is 284 g/mol. The summed E-state index contributed by atoms with van der Waals surface area (Å²) >= 11 is 0. The van der Waals surface area contributed by atoms with Crippen LogP contribution < -0.4 is 0 Å². The quantitative estimate of drug-likeness (QED) is 0.536. The Morgan fingerprint density at radius 3 is 1.82 bits per heavy atom. The molecule has 0 aromatic rings. The van der Waals surface area contributed by atoms with Crippen LogP contribution in [-0.2, 0) is 9.59 Å². The summed E-state index contributed by atoms with van der Waals surface area (Å²) in [5.74, 6) is -1.63. The molecule has 3 N–H and O–H groups in total. The van der Waals surface area contributed by atoms with Crippen LogP contribution in [0.1, 0.15) is 79.1 Å². The van der Waals surface area contributed by atoms with Crippen LogP contribution in [0.5, 0.6) is 0 Å². The van der Waals surface area contributed by atoms with Crippen LogP contribution in [0.4, 0.5) is 0 Å². The lowest BCUT2D eigenvalue weighted by Crippen LogP contribution is -2.34. The van der Waals surface area contributed by atoms with Crippen molar-refractivity contribution in [3.05, 3.63) is 0 Å². The van der Waals surface area contributed by atoms with Gasteiger partial charge < -0.3 is 15.3 Å². The molecule has 0 aromatic heterocycles. The van der Waals surface area contributed by atoms with Gasteiger partial charge in [0.1, 0.15) is 0 Å². The molecule has 5 nitrogen and oxygen atoms in total. The van der Waals surface area contributed by atoms with Crippen molar-refractivity contribution in [1.29, 1.82) is 0 Å². The molecule has 132 valence electrons. The molecule has 0 fully saturated rings. The van der Waals surface area contributed by atoms with Crippen molar-refractivity contribution in [3.63, 3.8) is 0 Å². The molecule has 0 amide bonds. The summed E-state index contributed by atoms with van der Waals surface area (Å²) in [6, 6.07) is 0. The van der Waals surface area contributed by atoms with Crippen LogP contribution in [0, 0.1) is 11.3 Å². The second-order valence-electron chi connectivity index (χ2n) is 5.79. The van der Waals surface area contributed by atoms with Crippen molar-refractivity contribution in [2.75, 3.05) is 6.61 Å². The van der Waals surface area contributed by atoms with Crippen molar-refractivity contribution in [2.45, 2.75) is 79.1 Å². The Morgan fingerprint density at radius 1 is 1.00 bits per heavy atom. The molecule has 2 atom stereocenters. The minimum atomic E-state index is -0.893. The third kappa shape index (κ3) is 9.03. The minimum absolute atomic E-state index is 0.111. The van der Waals surface area contributed by atoms with E-state index in [-0.39, 0.29) is 12.5 Å². The van der Waals surface area contributed by atoms with Gasteiger partial charge in [-0.2, -0.15) is 0 Å². The van der Waals surface area contributed by atoms with E-state index in [1.54, 1.807) is 6.92 Å². The maximum absolute atomic E-state index is 10.8. The molecule has 0 aliphatic heterocycles. The molecule has 0 radical (unpaired) electrons. The number of unbranched alkanes of at least 4 members (excludes halogenated alkanes) is 2. The van der Waals surface area contributed by atoms with Gasteiger partial charge in [0.05, 0.1) is 17.9 Å². The molecule has 0 aliphatic rings. The van der Waals surface area contributed by atoms with Gasteiger partial charge in [-0.3, -0.25) is 9.59 Å². The average molecular weight is 318 g/mol. The number of aliphatic hydroxyl groups excluding tert-OH is 1. The maximum atomic E-state index is 10.8. The fraction of sp³-hybridized carbons (Fsp3) is 0.882. The van der Waals surface area contributed by atoms with Crippen molar-refractivity contribution >= 4 is 11.9 Å². The number of aliphatic carboxylic acids is 2. The van der Waals surface area contributed by atoms with E-state index in [1.165, 1.54) is 0 Å². The Morgan fingerprint density at radius 2 is 1.55 bits per heavy atom. The number of aliphatic hydroxyl groups is 1. The third-order valence-electron chi connectivity index (χ3n) is 4.19. The normalized spacial score (nSPS) is 14.4. The monoisotopic (exact) mass is 318 g/mol. The van der Waals surface area contributed by atoms with E-state index in [0.717, 1.165) is 38.5 Å². The predicted molar refractivity (Wildman–Crippen MR) is 87.9 cm³/mol. The first-order valence-corrected chi connectivity index (χ1v) is 8.42. The van der Waals surface area contributed by atoms with Gasteiger partial charge in [-0.15, -0.1) is 0 Å². The van der Waals surface area contributed by atoms with Crippen LogP contribution in [0.3, 0.4) is 0 Å². The number of carboxylic acids is 2. The highest BCUT2D eigenvalue weighted by atomic mass is 16.4. The fourth-order valence-corrected chi connectivity index (χ4v) is 2.16. The Labute approximate surface area is 134 Å². The van der Waals surface area contributed by atoms with Crippen LogP contribution in [0.2, 0.25) is 0 Å². The highest BCUT2D eigenvalue weighted by molar-refractivity contribution is 5.74. The Kier molecular flexibility index (Phi) is 14.3. The van der Waals surface area contributed by atoms with Crippen LogP contribution in [0.15, 0.2) is 0 Å². The zero-order valence-electron chi connectivity index (χ0n) is 14.6. The molecule has 0 rings (SSSR count). The maximum Gasteiger partial charge on any atom is 0.311 e. The van der Waals surface area contributed by atoms with Gasteiger partial charge in [0.25, 0.3) is 0 Å². The summed E-state index contributed by atoms with van der Waals surface area (Å²) in [5, 5.41) is 26.5.